The second-order valence-corrected chi connectivity index (χ2v) is 6.49. The summed E-state index contributed by atoms with van der Waals surface area (Å²) in [4.78, 5) is 5.20. The molecule has 2 unspecified atom stereocenters. The summed E-state index contributed by atoms with van der Waals surface area (Å²) < 4.78 is 0. The molecule has 3 nitrogen and oxygen atoms in total. The summed E-state index contributed by atoms with van der Waals surface area (Å²) in [5.74, 6) is 0.888. The highest BCUT2D eigenvalue weighted by Crippen LogP contribution is 2.27. The Morgan fingerprint density at radius 3 is 2.44 bits per heavy atom. The Morgan fingerprint density at radius 1 is 1.11 bits per heavy atom. The first kappa shape index (κ1) is 14.3. The minimum Gasteiger partial charge on any atom is -0.328 e. The van der Waals surface area contributed by atoms with E-state index in [2.05, 4.69) is 23.8 Å². The van der Waals surface area contributed by atoms with Crippen LogP contribution in [0.3, 0.4) is 0 Å². The largest absolute Gasteiger partial charge is 0.328 e. The van der Waals surface area contributed by atoms with Crippen LogP contribution in [0.4, 0.5) is 0 Å². The number of rotatable bonds is 4. The maximum absolute atomic E-state index is 5.95. The second kappa shape index (κ2) is 6.88. The quantitative estimate of drug-likeness (QED) is 0.831. The van der Waals surface area contributed by atoms with Gasteiger partial charge >= 0.3 is 0 Å². The van der Waals surface area contributed by atoms with Crippen molar-refractivity contribution in [3.63, 3.8) is 0 Å². The predicted octanol–water partition coefficient (Wildman–Crippen LogP) is 1.92. The number of hydrogen-bond acceptors (Lipinski definition) is 3. The van der Waals surface area contributed by atoms with Gasteiger partial charge in [-0.05, 0) is 51.7 Å². The highest BCUT2D eigenvalue weighted by molar-refractivity contribution is 4.81. The third-order valence-electron chi connectivity index (χ3n) is 5.03. The molecule has 1 saturated carbocycles. The molecular formula is C15H31N3. The fourth-order valence-electron chi connectivity index (χ4n) is 3.59. The first-order valence-electron chi connectivity index (χ1n) is 7.85. The molecule has 0 aromatic rings. The molecular weight excluding hydrogens is 222 g/mol. The van der Waals surface area contributed by atoms with Gasteiger partial charge < -0.3 is 15.5 Å². The van der Waals surface area contributed by atoms with Crippen molar-refractivity contribution in [1.82, 2.24) is 9.80 Å². The SMILES string of the molecule is CC1CCCCC1N(C)CCN1CCC(N)CC1. The van der Waals surface area contributed by atoms with Crippen LogP contribution in [0.15, 0.2) is 0 Å². The van der Waals surface area contributed by atoms with Crippen molar-refractivity contribution in [3.05, 3.63) is 0 Å². The van der Waals surface area contributed by atoms with E-state index >= 15 is 0 Å². The van der Waals surface area contributed by atoms with Gasteiger partial charge in [0.25, 0.3) is 0 Å². The summed E-state index contributed by atoms with van der Waals surface area (Å²) >= 11 is 0. The number of piperidine rings is 1. The van der Waals surface area contributed by atoms with Crippen molar-refractivity contribution in [1.29, 1.82) is 0 Å². The molecule has 3 heteroatoms. The normalized spacial score (nSPS) is 32.0. The van der Waals surface area contributed by atoms with Gasteiger partial charge in [-0.3, -0.25) is 0 Å². The fraction of sp³-hybridized carbons (Fsp3) is 1.00. The zero-order chi connectivity index (χ0) is 13.0. The summed E-state index contributed by atoms with van der Waals surface area (Å²) in [5.41, 5.74) is 5.95. The van der Waals surface area contributed by atoms with E-state index in [-0.39, 0.29) is 0 Å². The second-order valence-electron chi connectivity index (χ2n) is 6.49. The average Bonchev–Trinajstić information content (AvgIpc) is 2.38. The van der Waals surface area contributed by atoms with Crippen LogP contribution in [0.25, 0.3) is 0 Å². The van der Waals surface area contributed by atoms with E-state index in [1.165, 1.54) is 64.7 Å². The van der Waals surface area contributed by atoms with Gasteiger partial charge in [-0.15, -0.1) is 0 Å². The Labute approximate surface area is 113 Å². The summed E-state index contributed by atoms with van der Waals surface area (Å²) in [5, 5.41) is 0. The van der Waals surface area contributed by atoms with Crippen LogP contribution in [0.5, 0.6) is 0 Å². The van der Waals surface area contributed by atoms with E-state index in [0.717, 1.165) is 12.0 Å². The first-order chi connectivity index (χ1) is 8.66. The number of nitrogens with zero attached hydrogens (tertiary/aromatic N) is 2. The van der Waals surface area contributed by atoms with Crippen molar-refractivity contribution < 1.29 is 0 Å². The minimum atomic E-state index is 0.456. The molecule has 0 bridgehead atoms. The molecule has 0 spiro atoms. The maximum Gasteiger partial charge on any atom is 0.0118 e. The lowest BCUT2D eigenvalue weighted by Crippen LogP contribution is -2.46. The molecule has 2 rings (SSSR count). The van der Waals surface area contributed by atoms with E-state index < -0.39 is 0 Å². The Balaban J connectivity index is 1.69. The average molecular weight is 253 g/mol. The fourth-order valence-corrected chi connectivity index (χ4v) is 3.59. The zero-order valence-electron chi connectivity index (χ0n) is 12.3. The molecule has 18 heavy (non-hydrogen) atoms. The number of likely N-dealkylation sites (tertiary alicyclic amines) is 1. The highest BCUT2D eigenvalue weighted by Gasteiger charge is 2.25. The van der Waals surface area contributed by atoms with Gasteiger partial charge in [0.15, 0.2) is 0 Å². The van der Waals surface area contributed by atoms with Crippen molar-refractivity contribution in [2.75, 3.05) is 33.2 Å². The lowest BCUT2D eigenvalue weighted by molar-refractivity contribution is 0.114. The van der Waals surface area contributed by atoms with Crippen LogP contribution in [-0.4, -0.2) is 55.1 Å². The minimum absolute atomic E-state index is 0.456. The van der Waals surface area contributed by atoms with Gasteiger partial charge in [-0.25, -0.2) is 0 Å². The highest BCUT2D eigenvalue weighted by atomic mass is 15.2. The van der Waals surface area contributed by atoms with Crippen molar-refractivity contribution in [2.24, 2.45) is 11.7 Å². The number of hydrogen-bond donors (Lipinski definition) is 1. The van der Waals surface area contributed by atoms with Crippen LogP contribution in [0, 0.1) is 5.92 Å². The maximum atomic E-state index is 5.95. The van der Waals surface area contributed by atoms with Gasteiger partial charge in [-0.2, -0.15) is 0 Å². The zero-order valence-corrected chi connectivity index (χ0v) is 12.3. The molecule has 1 heterocycles. The summed E-state index contributed by atoms with van der Waals surface area (Å²) in [7, 11) is 2.32. The lowest BCUT2D eigenvalue weighted by atomic mass is 9.85. The number of nitrogens with two attached hydrogens (primary N) is 1. The Morgan fingerprint density at radius 2 is 1.78 bits per heavy atom. The predicted molar refractivity (Wildman–Crippen MR) is 77.7 cm³/mol. The lowest BCUT2D eigenvalue weighted by Gasteiger charge is -2.38. The molecule has 0 radical (unpaired) electrons. The van der Waals surface area contributed by atoms with E-state index in [1.807, 2.05) is 0 Å². The molecule has 1 aliphatic heterocycles. The third kappa shape index (κ3) is 3.94. The Kier molecular flexibility index (Phi) is 5.46. The van der Waals surface area contributed by atoms with Crippen molar-refractivity contribution in [2.45, 2.75) is 57.5 Å². The van der Waals surface area contributed by atoms with Gasteiger partial charge in [-0.1, -0.05) is 19.8 Å². The van der Waals surface area contributed by atoms with Crippen LogP contribution in [-0.2, 0) is 0 Å². The van der Waals surface area contributed by atoms with Gasteiger partial charge in [0.2, 0.25) is 0 Å². The first-order valence-corrected chi connectivity index (χ1v) is 7.85. The smallest absolute Gasteiger partial charge is 0.0118 e. The van der Waals surface area contributed by atoms with E-state index in [1.54, 1.807) is 0 Å². The standard InChI is InChI=1S/C15H31N3/c1-13-5-3-4-6-15(13)17(2)11-12-18-9-7-14(16)8-10-18/h13-15H,3-12,16H2,1-2H3. The molecule has 0 aromatic heterocycles. The topological polar surface area (TPSA) is 32.5 Å². The molecule has 2 aliphatic rings. The molecule has 106 valence electrons. The third-order valence-corrected chi connectivity index (χ3v) is 5.03. The van der Waals surface area contributed by atoms with E-state index in [4.69, 9.17) is 5.73 Å². The number of likely N-dealkylation sites (N-methyl/N-ethyl adjacent to an activating group) is 1. The van der Waals surface area contributed by atoms with Crippen LogP contribution >= 0.6 is 0 Å². The van der Waals surface area contributed by atoms with Gasteiger partial charge in [0.05, 0.1) is 0 Å². The summed E-state index contributed by atoms with van der Waals surface area (Å²) in [6, 6.07) is 1.28. The van der Waals surface area contributed by atoms with E-state index in [9.17, 15) is 0 Å². The molecule has 2 fully saturated rings. The molecule has 1 saturated heterocycles. The van der Waals surface area contributed by atoms with Crippen LogP contribution in [0.1, 0.15) is 45.4 Å². The van der Waals surface area contributed by atoms with Gasteiger partial charge in [0, 0.05) is 25.2 Å². The van der Waals surface area contributed by atoms with Gasteiger partial charge in [0.1, 0.15) is 0 Å². The summed E-state index contributed by atoms with van der Waals surface area (Å²) in [6.07, 6.45) is 8.07. The summed E-state index contributed by atoms with van der Waals surface area (Å²) in [6.45, 7) is 7.29. The van der Waals surface area contributed by atoms with Crippen LogP contribution in [0.2, 0.25) is 0 Å². The Bertz CT molecular complexity index is 236. The molecule has 1 aliphatic carbocycles. The van der Waals surface area contributed by atoms with Crippen molar-refractivity contribution in [3.8, 4) is 0 Å². The molecule has 2 atom stereocenters. The molecule has 0 aromatic carbocycles. The van der Waals surface area contributed by atoms with E-state index in [0.29, 0.717) is 6.04 Å². The molecule has 2 N–H and O–H groups in total. The Hall–Kier alpha value is -0.120. The van der Waals surface area contributed by atoms with Crippen molar-refractivity contribution >= 4 is 0 Å². The molecule has 0 amide bonds. The van der Waals surface area contributed by atoms with Crippen LogP contribution < -0.4 is 5.73 Å². The monoisotopic (exact) mass is 253 g/mol.